The molecule has 0 fully saturated rings. The molecule has 96 valence electrons. The quantitative estimate of drug-likeness (QED) is 0.810. The summed E-state index contributed by atoms with van der Waals surface area (Å²) in [5.41, 5.74) is 0.623. The normalized spacial score (nSPS) is 9.89. The van der Waals surface area contributed by atoms with Crippen LogP contribution in [0, 0.1) is 0 Å². The highest BCUT2D eigenvalue weighted by molar-refractivity contribution is 6.02. The SMILES string of the molecule is O=C(CNC(=O)c1ccncc1O)c1ccccc1. The van der Waals surface area contributed by atoms with Crippen molar-refractivity contribution in [2.24, 2.45) is 0 Å². The molecule has 5 heteroatoms. The molecular formula is C14H12N2O3. The zero-order valence-electron chi connectivity index (χ0n) is 10.0. The van der Waals surface area contributed by atoms with Crippen molar-refractivity contribution in [2.45, 2.75) is 0 Å². The van der Waals surface area contributed by atoms with Crippen molar-refractivity contribution >= 4 is 11.7 Å². The number of hydrogen-bond acceptors (Lipinski definition) is 4. The lowest BCUT2D eigenvalue weighted by Gasteiger charge is -2.05. The van der Waals surface area contributed by atoms with Crippen LogP contribution in [0.25, 0.3) is 0 Å². The summed E-state index contributed by atoms with van der Waals surface area (Å²) >= 11 is 0. The number of rotatable bonds is 4. The number of aromatic hydroxyl groups is 1. The van der Waals surface area contributed by atoms with Crippen LogP contribution in [0.5, 0.6) is 5.75 Å². The Labute approximate surface area is 109 Å². The molecule has 0 aliphatic rings. The number of nitrogens with one attached hydrogen (secondary N) is 1. The van der Waals surface area contributed by atoms with E-state index in [4.69, 9.17) is 0 Å². The number of nitrogens with zero attached hydrogens (tertiary/aromatic N) is 1. The van der Waals surface area contributed by atoms with Crippen molar-refractivity contribution < 1.29 is 14.7 Å². The van der Waals surface area contributed by atoms with E-state index in [-0.39, 0.29) is 23.6 Å². The summed E-state index contributed by atoms with van der Waals surface area (Å²) in [5, 5.41) is 11.9. The molecule has 0 aliphatic carbocycles. The van der Waals surface area contributed by atoms with Crippen molar-refractivity contribution in [1.82, 2.24) is 10.3 Å². The van der Waals surface area contributed by atoms with Crippen LogP contribution >= 0.6 is 0 Å². The molecule has 1 heterocycles. The Morgan fingerprint density at radius 1 is 1.16 bits per heavy atom. The van der Waals surface area contributed by atoms with E-state index in [2.05, 4.69) is 10.3 Å². The molecule has 1 amide bonds. The molecule has 0 saturated carbocycles. The first-order valence-electron chi connectivity index (χ1n) is 5.68. The van der Waals surface area contributed by atoms with Crippen molar-refractivity contribution in [3.05, 3.63) is 59.9 Å². The summed E-state index contributed by atoms with van der Waals surface area (Å²) in [7, 11) is 0. The van der Waals surface area contributed by atoms with Crippen LogP contribution in [-0.2, 0) is 0 Å². The average Bonchev–Trinajstić information content (AvgIpc) is 2.46. The van der Waals surface area contributed by atoms with Crippen molar-refractivity contribution in [2.75, 3.05) is 6.54 Å². The van der Waals surface area contributed by atoms with Gasteiger partial charge in [0.05, 0.1) is 18.3 Å². The maximum Gasteiger partial charge on any atom is 0.255 e. The Balaban J connectivity index is 1.98. The minimum atomic E-state index is -0.510. The molecule has 1 aromatic heterocycles. The molecule has 1 aromatic carbocycles. The average molecular weight is 256 g/mol. The number of carbonyl (C=O) groups excluding carboxylic acids is 2. The lowest BCUT2D eigenvalue weighted by Crippen LogP contribution is -2.29. The Bertz CT molecular complexity index is 597. The molecule has 2 N–H and O–H groups in total. The van der Waals surface area contributed by atoms with Crippen LogP contribution in [0.4, 0.5) is 0 Å². The van der Waals surface area contributed by atoms with Gasteiger partial charge in [-0.15, -0.1) is 0 Å². The van der Waals surface area contributed by atoms with Gasteiger partial charge in [0.15, 0.2) is 5.78 Å². The fraction of sp³-hybridized carbons (Fsp3) is 0.0714. The van der Waals surface area contributed by atoms with Gasteiger partial charge in [-0.05, 0) is 6.07 Å². The summed E-state index contributed by atoms with van der Waals surface area (Å²) in [4.78, 5) is 27.2. The van der Waals surface area contributed by atoms with Gasteiger partial charge in [0.2, 0.25) is 0 Å². The van der Waals surface area contributed by atoms with Gasteiger partial charge in [-0.3, -0.25) is 14.6 Å². The maximum atomic E-state index is 11.8. The summed E-state index contributed by atoms with van der Waals surface area (Å²) in [6.45, 7) is -0.120. The monoisotopic (exact) mass is 256 g/mol. The third-order valence-electron chi connectivity index (χ3n) is 2.55. The first-order chi connectivity index (χ1) is 9.18. The van der Waals surface area contributed by atoms with Gasteiger partial charge < -0.3 is 10.4 Å². The number of Topliss-reactive ketones (excluding diaryl/α,β-unsaturated/α-hetero) is 1. The second kappa shape index (κ2) is 5.77. The van der Waals surface area contributed by atoms with Gasteiger partial charge in [0.1, 0.15) is 5.75 Å². The first kappa shape index (κ1) is 12.8. The Hall–Kier alpha value is -2.69. The smallest absolute Gasteiger partial charge is 0.255 e. The Morgan fingerprint density at radius 2 is 1.89 bits per heavy atom. The second-order valence-electron chi connectivity index (χ2n) is 3.86. The molecule has 19 heavy (non-hydrogen) atoms. The number of benzene rings is 1. The number of carbonyl (C=O) groups is 2. The number of ketones is 1. The number of aromatic nitrogens is 1. The molecule has 0 spiro atoms. The summed E-state index contributed by atoms with van der Waals surface area (Å²) in [6, 6.07) is 10.1. The molecule has 0 bridgehead atoms. The fourth-order valence-electron chi connectivity index (χ4n) is 1.56. The van der Waals surface area contributed by atoms with Gasteiger partial charge in [-0.2, -0.15) is 0 Å². The first-order valence-corrected chi connectivity index (χ1v) is 5.68. The van der Waals surface area contributed by atoms with Crippen LogP contribution in [0.1, 0.15) is 20.7 Å². The number of pyridine rings is 1. The highest BCUT2D eigenvalue weighted by Crippen LogP contribution is 2.13. The lowest BCUT2D eigenvalue weighted by atomic mass is 10.1. The van der Waals surface area contributed by atoms with E-state index in [0.717, 1.165) is 0 Å². The molecule has 0 aliphatic heterocycles. The zero-order chi connectivity index (χ0) is 13.7. The van der Waals surface area contributed by atoms with E-state index in [1.165, 1.54) is 18.5 Å². The number of amides is 1. The van der Waals surface area contributed by atoms with E-state index >= 15 is 0 Å². The third-order valence-corrected chi connectivity index (χ3v) is 2.55. The van der Waals surface area contributed by atoms with Gasteiger partial charge in [-0.1, -0.05) is 30.3 Å². The van der Waals surface area contributed by atoms with E-state index in [0.29, 0.717) is 5.56 Å². The molecule has 5 nitrogen and oxygen atoms in total. The molecule has 0 unspecified atom stereocenters. The second-order valence-corrected chi connectivity index (χ2v) is 3.86. The third kappa shape index (κ3) is 3.16. The van der Waals surface area contributed by atoms with Crippen molar-refractivity contribution in [3.8, 4) is 5.75 Å². The van der Waals surface area contributed by atoms with Crippen molar-refractivity contribution in [3.63, 3.8) is 0 Å². The van der Waals surface area contributed by atoms with Crippen LogP contribution in [-0.4, -0.2) is 28.3 Å². The highest BCUT2D eigenvalue weighted by atomic mass is 16.3. The molecular weight excluding hydrogens is 244 g/mol. The molecule has 0 radical (unpaired) electrons. The molecule has 0 saturated heterocycles. The Kier molecular flexibility index (Phi) is 3.87. The van der Waals surface area contributed by atoms with E-state index in [9.17, 15) is 14.7 Å². The predicted octanol–water partition coefficient (Wildman–Crippen LogP) is 1.40. The Morgan fingerprint density at radius 3 is 2.58 bits per heavy atom. The minimum Gasteiger partial charge on any atom is -0.505 e. The maximum absolute atomic E-state index is 11.8. The van der Waals surface area contributed by atoms with Crippen LogP contribution in [0.3, 0.4) is 0 Å². The number of hydrogen-bond donors (Lipinski definition) is 2. The van der Waals surface area contributed by atoms with Gasteiger partial charge >= 0.3 is 0 Å². The standard InChI is InChI=1S/C14H12N2O3/c17-12(10-4-2-1-3-5-10)9-16-14(19)11-6-7-15-8-13(11)18/h1-8,18H,9H2,(H,16,19). The molecule has 0 atom stereocenters. The molecule has 2 rings (SSSR count). The van der Waals surface area contributed by atoms with Gasteiger partial charge in [0.25, 0.3) is 5.91 Å². The minimum absolute atomic E-state index is 0.0934. The summed E-state index contributed by atoms with van der Waals surface area (Å²) in [6.07, 6.45) is 2.57. The fourth-order valence-corrected chi connectivity index (χ4v) is 1.56. The summed E-state index contributed by atoms with van der Waals surface area (Å²) < 4.78 is 0. The van der Waals surface area contributed by atoms with Crippen molar-refractivity contribution in [1.29, 1.82) is 0 Å². The molecule has 2 aromatic rings. The van der Waals surface area contributed by atoms with Crippen LogP contribution in [0.2, 0.25) is 0 Å². The lowest BCUT2D eigenvalue weighted by molar-refractivity contribution is 0.0902. The largest absolute Gasteiger partial charge is 0.505 e. The van der Waals surface area contributed by atoms with E-state index in [1.54, 1.807) is 24.3 Å². The van der Waals surface area contributed by atoms with Crippen LogP contribution < -0.4 is 5.32 Å². The topological polar surface area (TPSA) is 79.3 Å². The highest BCUT2D eigenvalue weighted by Gasteiger charge is 2.12. The predicted molar refractivity (Wildman–Crippen MR) is 69.0 cm³/mol. The van der Waals surface area contributed by atoms with E-state index < -0.39 is 5.91 Å². The van der Waals surface area contributed by atoms with Gasteiger partial charge in [0, 0.05) is 11.8 Å². The van der Waals surface area contributed by atoms with E-state index in [1.807, 2.05) is 6.07 Å². The van der Waals surface area contributed by atoms with Gasteiger partial charge in [-0.25, -0.2) is 0 Å². The summed E-state index contributed by atoms with van der Waals surface area (Å²) in [5.74, 6) is -0.918. The zero-order valence-corrected chi connectivity index (χ0v) is 10.0. The van der Waals surface area contributed by atoms with Crippen LogP contribution in [0.15, 0.2) is 48.8 Å².